The van der Waals surface area contributed by atoms with Crippen molar-refractivity contribution in [3.63, 3.8) is 0 Å². The molecule has 288 valence electrons. The van der Waals surface area contributed by atoms with Crippen LogP contribution >= 0.6 is 11.8 Å². The van der Waals surface area contributed by atoms with Gasteiger partial charge in [-0.05, 0) is 38.2 Å². The van der Waals surface area contributed by atoms with E-state index in [1.807, 2.05) is 0 Å². The Balaban J connectivity index is 1.24. The Morgan fingerprint density at radius 3 is 2.21 bits per heavy atom. The standard InChI is InChI=1S/C31H40N2O17S2/c1-3-45-25-18(22(37)23(25)38)32-9-12-51-11-6-10-46-31-24(39)27(20(35)14(2)47-31)49-30-19(26(50-52(42,43)44)21(36)17(13-34)48-30)33-28(40)15-7-4-5-8-16(15)29(33)41/h4-5,7-8,14,17,19-21,24,26-27,30-32,34-36,39H,3,6,9-13H2,1-2H3,(H,42,43,44)/t14-,17+,19+,20+,21+,24-,26+,27+,30-,31+/m0/s1. The lowest BCUT2D eigenvalue weighted by molar-refractivity contribution is -0.346. The van der Waals surface area contributed by atoms with E-state index in [1.165, 1.54) is 43.0 Å². The highest BCUT2D eigenvalue weighted by Gasteiger charge is 2.57. The molecule has 52 heavy (non-hydrogen) atoms. The number of imide groups is 1. The van der Waals surface area contributed by atoms with E-state index >= 15 is 0 Å². The molecule has 3 aliphatic heterocycles. The van der Waals surface area contributed by atoms with Gasteiger partial charge in [-0.2, -0.15) is 20.2 Å². The zero-order valence-corrected chi connectivity index (χ0v) is 29.6. The van der Waals surface area contributed by atoms with Gasteiger partial charge >= 0.3 is 10.4 Å². The summed E-state index contributed by atoms with van der Waals surface area (Å²) in [6.07, 6.45) is -14.6. The van der Waals surface area contributed by atoms with Crippen LogP contribution in [0, 0.1) is 0 Å². The molecule has 6 N–H and O–H groups in total. The van der Waals surface area contributed by atoms with Crippen LogP contribution in [-0.4, -0.2) is 149 Å². The third kappa shape index (κ3) is 8.35. The summed E-state index contributed by atoms with van der Waals surface area (Å²) in [6, 6.07) is 3.69. The second kappa shape index (κ2) is 17.0. The maximum atomic E-state index is 13.5. The van der Waals surface area contributed by atoms with Gasteiger partial charge in [0, 0.05) is 12.3 Å². The van der Waals surface area contributed by atoms with Crippen molar-refractivity contribution < 1.29 is 70.9 Å². The fraction of sp³-hybridized carbons (Fsp3) is 0.613. The first-order chi connectivity index (χ1) is 24.7. The average molecular weight is 777 g/mol. The highest BCUT2D eigenvalue weighted by Crippen LogP contribution is 2.36. The third-order valence-electron chi connectivity index (χ3n) is 8.67. The van der Waals surface area contributed by atoms with Gasteiger partial charge in [-0.1, -0.05) is 12.1 Å². The van der Waals surface area contributed by atoms with E-state index in [1.54, 1.807) is 6.92 Å². The minimum absolute atomic E-state index is 0.0322. The molecule has 0 bridgehead atoms. The molecule has 2 amide bonds. The lowest BCUT2D eigenvalue weighted by Crippen LogP contribution is -2.69. The molecule has 0 spiro atoms. The highest BCUT2D eigenvalue weighted by molar-refractivity contribution is 7.99. The van der Waals surface area contributed by atoms with Gasteiger partial charge in [0.25, 0.3) is 22.7 Å². The average Bonchev–Trinajstić information content (AvgIpc) is 3.36. The maximum absolute atomic E-state index is 13.5. The number of amides is 2. The van der Waals surface area contributed by atoms with Crippen molar-refractivity contribution in [2.45, 2.75) is 81.6 Å². The number of fused-ring (bicyclic) bond motifs is 1. The predicted octanol–water partition coefficient (Wildman–Crippen LogP) is -1.98. The Kier molecular flexibility index (Phi) is 13.1. The molecule has 0 aliphatic carbocycles. The van der Waals surface area contributed by atoms with Crippen molar-refractivity contribution in [3.05, 3.63) is 55.8 Å². The summed E-state index contributed by atoms with van der Waals surface area (Å²) in [5, 5.41) is 46.0. The van der Waals surface area contributed by atoms with Gasteiger partial charge in [0.15, 0.2) is 18.3 Å². The minimum atomic E-state index is -5.36. The summed E-state index contributed by atoms with van der Waals surface area (Å²) in [6.45, 7) is 2.93. The Morgan fingerprint density at radius 2 is 1.60 bits per heavy atom. The van der Waals surface area contributed by atoms with Gasteiger partial charge in [-0.3, -0.25) is 28.6 Å². The number of nitrogens with zero attached hydrogens (tertiary/aromatic N) is 1. The van der Waals surface area contributed by atoms with Crippen LogP contribution in [0.1, 0.15) is 41.0 Å². The van der Waals surface area contributed by atoms with Crippen molar-refractivity contribution in [2.24, 2.45) is 0 Å². The van der Waals surface area contributed by atoms with Crippen LogP contribution in [0.25, 0.3) is 0 Å². The Labute approximate surface area is 301 Å². The van der Waals surface area contributed by atoms with Crippen molar-refractivity contribution in [1.29, 1.82) is 0 Å². The molecule has 3 heterocycles. The first-order valence-electron chi connectivity index (χ1n) is 16.3. The van der Waals surface area contributed by atoms with Gasteiger partial charge in [0.1, 0.15) is 48.4 Å². The topological polar surface area (TPSA) is 274 Å². The number of ether oxygens (including phenoxy) is 5. The van der Waals surface area contributed by atoms with Gasteiger partial charge in [0.05, 0.1) is 37.1 Å². The van der Waals surface area contributed by atoms with E-state index in [4.69, 9.17) is 27.9 Å². The van der Waals surface area contributed by atoms with Crippen molar-refractivity contribution in [2.75, 3.05) is 43.2 Å². The molecule has 2 aromatic carbocycles. The van der Waals surface area contributed by atoms with Gasteiger partial charge in [-0.25, -0.2) is 4.18 Å². The highest BCUT2D eigenvalue weighted by atomic mass is 32.3. The zero-order valence-electron chi connectivity index (χ0n) is 27.9. The van der Waals surface area contributed by atoms with Crippen molar-refractivity contribution in [3.8, 4) is 5.75 Å². The smallest absolute Gasteiger partial charge is 0.397 e. The molecule has 3 aliphatic rings. The summed E-state index contributed by atoms with van der Waals surface area (Å²) in [7, 11) is -5.36. The first-order valence-corrected chi connectivity index (χ1v) is 18.8. The fourth-order valence-corrected chi connectivity index (χ4v) is 7.42. The molecule has 10 atom stereocenters. The number of hydrogen-bond acceptors (Lipinski definition) is 18. The predicted molar refractivity (Wildman–Crippen MR) is 179 cm³/mol. The van der Waals surface area contributed by atoms with Crippen molar-refractivity contribution in [1.82, 2.24) is 4.90 Å². The number of benzene rings is 1. The Hall–Kier alpha value is -3.06. The summed E-state index contributed by atoms with van der Waals surface area (Å²) in [5.74, 6) is -0.698. The number of aliphatic hydroxyl groups is 4. The SMILES string of the molecule is CCOc1c(NCCSCCCO[C@@H]2O[C@@H](C)[C@@H](O)[C@@H](O[C@@H]3O[C@H](CO)[C@@H](O)[C@H](OS(=O)(=O)O)[C@H]3N3C(=O)c4ccccc4C3=O)[C@@H]2O)c(=O)c1=O. The molecule has 2 aromatic rings. The van der Waals surface area contributed by atoms with Crippen LogP contribution < -0.4 is 20.9 Å². The van der Waals surface area contributed by atoms with E-state index < -0.39 is 101 Å². The van der Waals surface area contributed by atoms with E-state index in [2.05, 4.69) is 5.32 Å². The number of thioether (sulfide) groups is 1. The number of carbonyl (C=O) groups is 2. The molecular weight excluding hydrogens is 736 g/mol. The molecule has 0 saturated carbocycles. The van der Waals surface area contributed by atoms with E-state index in [-0.39, 0.29) is 35.8 Å². The Bertz CT molecular complexity index is 1730. The molecule has 0 aromatic heterocycles. The fourth-order valence-electron chi connectivity index (χ4n) is 6.14. The number of anilines is 1. The second-order valence-electron chi connectivity index (χ2n) is 12.1. The number of carbonyl (C=O) groups excluding carboxylic acids is 2. The number of aliphatic hydroxyl groups excluding tert-OH is 4. The van der Waals surface area contributed by atoms with Crippen LogP contribution in [0.5, 0.6) is 5.75 Å². The van der Waals surface area contributed by atoms with E-state index in [0.29, 0.717) is 29.4 Å². The quantitative estimate of drug-likeness (QED) is 0.0439. The number of hydrogen-bond donors (Lipinski definition) is 6. The third-order valence-corrected chi connectivity index (χ3v) is 10.2. The zero-order chi connectivity index (χ0) is 37.9. The molecule has 21 heteroatoms. The molecule has 0 unspecified atom stereocenters. The van der Waals surface area contributed by atoms with Gasteiger partial charge in [-0.15, -0.1) is 0 Å². The Morgan fingerprint density at radius 1 is 0.923 bits per heavy atom. The van der Waals surface area contributed by atoms with E-state index in [9.17, 15) is 52.6 Å². The van der Waals surface area contributed by atoms with Crippen LogP contribution in [0.15, 0.2) is 33.9 Å². The minimum Gasteiger partial charge on any atom is -0.488 e. The van der Waals surface area contributed by atoms with Crippen LogP contribution in [0.3, 0.4) is 0 Å². The monoisotopic (exact) mass is 776 g/mol. The van der Waals surface area contributed by atoms with Crippen LogP contribution in [0.2, 0.25) is 0 Å². The lowest BCUT2D eigenvalue weighted by Gasteiger charge is -2.48. The lowest BCUT2D eigenvalue weighted by atomic mass is 9.94. The molecule has 0 radical (unpaired) electrons. The maximum Gasteiger partial charge on any atom is 0.397 e. The molecule has 2 fully saturated rings. The van der Waals surface area contributed by atoms with Crippen molar-refractivity contribution >= 4 is 39.7 Å². The summed E-state index contributed by atoms with van der Waals surface area (Å²) in [4.78, 5) is 50.9. The van der Waals surface area contributed by atoms with Crippen LogP contribution in [-0.2, 0) is 33.5 Å². The summed E-state index contributed by atoms with van der Waals surface area (Å²) < 4.78 is 66.4. The normalized spacial score (nSPS) is 30.9. The molecule has 2 saturated heterocycles. The second-order valence-corrected chi connectivity index (χ2v) is 14.3. The van der Waals surface area contributed by atoms with Crippen LogP contribution in [0.4, 0.5) is 5.69 Å². The summed E-state index contributed by atoms with van der Waals surface area (Å²) >= 11 is 1.51. The first kappa shape index (κ1) is 40.1. The molecule has 19 nitrogen and oxygen atoms in total. The molecular formula is C31H40N2O17S2. The largest absolute Gasteiger partial charge is 0.488 e. The molecule has 5 rings (SSSR count). The number of rotatable bonds is 17. The van der Waals surface area contributed by atoms with Gasteiger partial charge < -0.3 is 49.4 Å². The summed E-state index contributed by atoms with van der Waals surface area (Å²) in [5.41, 5.74) is -1.27. The van der Waals surface area contributed by atoms with E-state index in [0.717, 1.165) is 0 Å². The van der Waals surface area contributed by atoms with Gasteiger partial charge in [0.2, 0.25) is 0 Å². The number of nitrogens with one attached hydrogen (secondary N) is 1.